The van der Waals surface area contributed by atoms with Crippen LogP contribution in [0.1, 0.15) is 30.0 Å². The Morgan fingerprint density at radius 2 is 2.10 bits per heavy atom. The number of furan rings is 1. The van der Waals surface area contributed by atoms with Gasteiger partial charge in [0.15, 0.2) is 0 Å². The highest BCUT2D eigenvalue weighted by atomic mass is 16.3. The molecule has 56 valence electrons. The molecule has 1 rings (SSSR count). The summed E-state index contributed by atoms with van der Waals surface area (Å²) in [6, 6.07) is 1.99. The van der Waals surface area contributed by atoms with E-state index in [9.17, 15) is 0 Å². The molecule has 2 N–H and O–H groups in total. The fourth-order valence-corrected chi connectivity index (χ4v) is 0.826. The summed E-state index contributed by atoms with van der Waals surface area (Å²) in [6.45, 7) is 5.88. The molecule has 0 aliphatic heterocycles. The first-order chi connectivity index (χ1) is 4.61. The summed E-state index contributed by atoms with van der Waals surface area (Å²) >= 11 is 0. The molecule has 1 atom stereocenters. The van der Waals surface area contributed by atoms with Crippen LogP contribution in [0.3, 0.4) is 0 Å². The van der Waals surface area contributed by atoms with Gasteiger partial charge in [0.25, 0.3) is 0 Å². The molecule has 1 aromatic rings. The molecule has 0 fully saturated rings. The molecular formula is C8H13NO. The predicted molar refractivity (Wildman–Crippen MR) is 40.8 cm³/mol. The Hall–Kier alpha value is -0.760. The average Bonchev–Trinajstić information content (AvgIpc) is 2.13. The molecular weight excluding hydrogens is 126 g/mol. The van der Waals surface area contributed by atoms with E-state index >= 15 is 0 Å². The van der Waals surface area contributed by atoms with Crippen molar-refractivity contribution in [2.75, 3.05) is 0 Å². The Kier molecular flexibility index (Phi) is 1.81. The van der Waals surface area contributed by atoms with Crippen LogP contribution in [0.5, 0.6) is 0 Å². The molecule has 0 saturated carbocycles. The van der Waals surface area contributed by atoms with Crippen LogP contribution in [0.4, 0.5) is 0 Å². The van der Waals surface area contributed by atoms with Crippen molar-refractivity contribution in [2.24, 2.45) is 5.73 Å². The van der Waals surface area contributed by atoms with Gasteiger partial charge in [0.05, 0.1) is 6.04 Å². The van der Waals surface area contributed by atoms with Gasteiger partial charge in [0.1, 0.15) is 11.5 Å². The molecule has 0 bridgehead atoms. The van der Waals surface area contributed by atoms with E-state index in [2.05, 4.69) is 0 Å². The molecule has 1 heterocycles. The second-order valence-electron chi connectivity index (χ2n) is 2.68. The van der Waals surface area contributed by atoms with Crippen molar-refractivity contribution < 1.29 is 4.42 Å². The summed E-state index contributed by atoms with van der Waals surface area (Å²) < 4.78 is 5.35. The second kappa shape index (κ2) is 2.46. The molecule has 2 nitrogen and oxygen atoms in total. The predicted octanol–water partition coefficient (Wildman–Crippen LogP) is 1.92. The van der Waals surface area contributed by atoms with Crippen LogP contribution in [0, 0.1) is 13.8 Å². The van der Waals surface area contributed by atoms with Gasteiger partial charge in [-0.3, -0.25) is 0 Å². The molecule has 0 amide bonds. The number of hydrogen-bond acceptors (Lipinski definition) is 2. The van der Waals surface area contributed by atoms with Crippen LogP contribution < -0.4 is 5.73 Å². The largest absolute Gasteiger partial charge is 0.464 e. The third kappa shape index (κ3) is 1.21. The zero-order chi connectivity index (χ0) is 7.72. The molecule has 0 spiro atoms. The van der Waals surface area contributed by atoms with E-state index < -0.39 is 0 Å². The molecule has 1 aromatic heterocycles. The minimum atomic E-state index is 0.00685. The maximum absolute atomic E-state index is 5.60. The second-order valence-corrected chi connectivity index (χ2v) is 2.68. The van der Waals surface area contributed by atoms with Crippen LogP contribution in [0.25, 0.3) is 0 Å². The highest BCUT2D eigenvalue weighted by molar-refractivity contribution is 5.20. The molecule has 0 aliphatic rings. The number of hydrogen-bond donors (Lipinski definition) is 1. The van der Waals surface area contributed by atoms with E-state index in [1.807, 2.05) is 26.8 Å². The normalized spacial score (nSPS) is 13.6. The third-order valence-electron chi connectivity index (χ3n) is 1.63. The van der Waals surface area contributed by atoms with Gasteiger partial charge in [-0.2, -0.15) is 0 Å². The first-order valence-electron chi connectivity index (χ1n) is 3.43. The Labute approximate surface area is 61.0 Å². The van der Waals surface area contributed by atoms with Crippen LogP contribution in [-0.4, -0.2) is 0 Å². The lowest BCUT2D eigenvalue weighted by molar-refractivity contribution is 0.456. The topological polar surface area (TPSA) is 39.2 Å². The smallest absolute Gasteiger partial charge is 0.120 e. The van der Waals surface area contributed by atoms with Crippen LogP contribution in [0.15, 0.2) is 10.5 Å². The van der Waals surface area contributed by atoms with Crippen molar-refractivity contribution in [3.63, 3.8) is 0 Å². The summed E-state index contributed by atoms with van der Waals surface area (Å²) in [5, 5.41) is 0. The van der Waals surface area contributed by atoms with Gasteiger partial charge in [-0.15, -0.1) is 0 Å². The summed E-state index contributed by atoms with van der Waals surface area (Å²) in [6.07, 6.45) is 0. The Balaban J connectivity index is 2.98. The van der Waals surface area contributed by atoms with Gasteiger partial charge >= 0.3 is 0 Å². The van der Waals surface area contributed by atoms with Gasteiger partial charge in [-0.25, -0.2) is 0 Å². The van der Waals surface area contributed by atoms with Crippen LogP contribution >= 0.6 is 0 Å². The maximum Gasteiger partial charge on any atom is 0.120 e. The summed E-state index contributed by atoms with van der Waals surface area (Å²) in [5.41, 5.74) is 6.78. The fraction of sp³-hybridized carbons (Fsp3) is 0.500. The quantitative estimate of drug-likeness (QED) is 0.645. The van der Waals surface area contributed by atoms with Gasteiger partial charge in [0, 0.05) is 0 Å². The average molecular weight is 139 g/mol. The van der Waals surface area contributed by atoms with E-state index in [0.29, 0.717) is 0 Å². The number of aryl methyl sites for hydroxylation is 2. The van der Waals surface area contributed by atoms with Gasteiger partial charge in [-0.1, -0.05) is 0 Å². The monoisotopic (exact) mass is 139 g/mol. The lowest BCUT2D eigenvalue weighted by Gasteiger charge is -1.96. The van der Waals surface area contributed by atoms with E-state index in [1.165, 1.54) is 5.56 Å². The van der Waals surface area contributed by atoms with Crippen molar-refractivity contribution in [3.05, 3.63) is 23.2 Å². The first-order valence-corrected chi connectivity index (χ1v) is 3.43. The Morgan fingerprint density at radius 3 is 2.30 bits per heavy atom. The Bertz CT molecular complexity index is 206. The standard InChI is InChI=1S/C8H13NO/c1-5-4-8(6(2)9)10-7(5)3/h4,6H,9H2,1-3H3/t6-/m1/s1. The van der Waals surface area contributed by atoms with Crippen molar-refractivity contribution >= 4 is 0 Å². The SMILES string of the molecule is Cc1cc([C@@H](C)N)oc1C. The molecule has 0 saturated heterocycles. The number of rotatable bonds is 1. The molecule has 2 heteroatoms. The van der Waals surface area contributed by atoms with Crippen LogP contribution in [-0.2, 0) is 0 Å². The van der Waals surface area contributed by atoms with Crippen molar-refractivity contribution in [1.82, 2.24) is 0 Å². The van der Waals surface area contributed by atoms with E-state index in [4.69, 9.17) is 10.2 Å². The molecule has 0 aromatic carbocycles. The lowest BCUT2D eigenvalue weighted by atomic mass is 10.2. The van der Waals surface area contributed by atoms with Gasteiger partial charge in [0.2, 0.25) is 0 Å². The van der Waals surface area contributed by atoms with Crippen molar-refractivity contribution in [3.8, 4) is 0 Å². The summed E-state index contributed by atoms with van der Waals surface area (Å²) in [4.78, 5) is 0. The summed E-state index contributed by atoms with van der Waals surface area (Å²) in [5.74, 6) is 1.84. The maximum atomic E-state index is 5.60. The Morgan fingerprint density at radius 1 is 1.50 bits per heavy atom. The third-order valence-corrected chi connectivity index (χ3v) is 1.63. The summed E-state index contributed by atoms with van der Waals surface area (Å²) in [7, 11) is 0. The highest BCUT2D eigenvalue weighted by Gasteiger charge is 2.05. The minimum absolute atomic E-state index is 0.00685. The highest BCUT2D eigenvalue weighted by Crippen LogP contribution is 2.17. The van der Waals surface area contributed by atoms with Crippen molar-refractivity contribution in [2.45, 2.75) is 26.8 Å². The molecule has 0 radical (unpaired) electrons. The van der Waals surface area contributed by atoms with Crippen molar-refractivity contribution in [1.29, 1.82) is 0 Å². The first kappa shape index (κ1) is 7.35. The molecule has 10 heavy (non-hydrogen) atoms. The fourth-order valence-electron chi connectivity index (χ4n) is 0.826. The van der Waals surface area contributed by atoms with E-state index in [0.717, 1.165) is 11.5 Å². The lowest BCUT2D eigenvalue weighted by Crippen LogP contribution is -2.02. The van der Waals surface area contributed by atoms with E-state index in [1.54, 1.807) is 0 Å². The molecule has 0 aliphatic carbocycles. The minimum Gasteiger partial charge on any atom is -0.464 e. The zero-order valence-corrected chi connectivity index (χ0v) is 6.64. The van der Waals surface area contributed by atoms with Gasteiger partial charge in [-0.05, 0) is 32.4 Å². The van der Waals surface area contributed by atoms with E-state index in [-0.39, 0.29) is 6.04 Å². The van der Waals surface area contributed by atoms with Gasteiger partial charge < -0.3 is 10.2 Å². The molecule has 0 unspecified atom stereocenters. The number of nitrogens with two attached hydrogens (primary N) is 1. The zero-order valence-electron chi connectivity index (χ0n) is 6.64. The van der Waals surface area contributed by atoms with Crippen LogP contribution in [0.2, 0.25) is 0 Å².